The lowest BCUT2D eigenvalue weighted by Gasteiger charge is -2.23. The number of carbonyl (C=O) groups is 1. The number of tetrazole rings is 1. The number of Topliss-reactive ketones (excluding diaryl/α,β-unsaturated/α-hetero) is 1. The molecule has 4 aromatic rings. The second-order valence-electron chi connectivity index (χ2n) is 10.3. The molecule has 9 heteroatoms. The van der Waals surface area contributed by atoms with Gasteiger partial charge in [-0.05, 0) is 67.1 Å². The summed E-state index contributed by atoms with van der Waals surface area (Å²) >= 11 is 0. The van der Waals surface area contributed by atoms with Gasteiger partial charge in [0.15, 0.2) is 0 Å². The van der Waals surface area contributed by atoms with Gasteiger partial charge >= 0.3 is 5.69 Å². The van der Waals surface area contributed by atoms with Crippen LogP contribution in [0.25, 0.3) is 22.5 Å². The van der Waals surface area contributed by atoms with Crippen molar-refractivity contribution in [1.82, 2.24) is 34.7 Å². The van der Waals surface area contributed by atoms with Crippen molar-refractivity contribution in [3.05, 3.63) is 70.7 Å². The van der Waals surface area contributed by atoms with E-state index in [-0.39, 0.29) is 23.4 Å². The van der Waals surface area contributed by atoms with Crippen molar-refractivity contribution in [2.45, 2.75) is 77.8 Å². The zero-order chi connectivity index (χ0) is 26.5. The lowest BCUT2D eigenvalue weighted by atomic mass is 9.91. The first kappa shape index (κ1) is 25.8. The molecule has 0 saturated heterocycles. The number of aromatic amines is 1. The van der Waals surface area contributed by atoms with Crippen molar-refractivity contribution in [2.75, 3.05) is 0 Å². The van der Waals surface area contributed by atoms with E-state index in [1.54, 1.807) is 13.1 Å². The van der Waals surface area contributed by atoms with E-state index in [0.717, 1.165) is 79.4 Å². The molecule has 38 heavy (non-hydrogen) atoms. The molecular formula is C29H35N7O2. The molecule has 0 spiro atoms. The fraction of sp³-hybridized carbons (Fsp3) is 0.448. The quantitative estimate of drug-likeness (QED) is 0.316. The molecular weight excluding hydrogens is 478 g/mol. The van der Waals surface area contributed by atoms with Gasteiger partial charge in [0.25, 0.3) is 0 Å². The SMILES string of the molecule is CCCCc1cn(C2CCCCCC2C(C)=O)c(=O)n1Cc1cc(-c2cccc(-c3nn[nH]n3)c2)ccn1. The first-order chi connectivity index (χ1) is 18.5. The summed E-state index contributed by atoms with van der Waals surface area (Å²) in [5.41, 5.74) is 4.66. The highest BCUT2D eigenvalue weighted by Gasteiger charge is 2.30. The molecule has 0 bridgehead atoms. The zero-order valence-corrected chi connectivity index (χ0v) is 22.1. The number of pyridine rings is 1. The highest BCUT2D eigenvalue weighted by molar-refractivity contribution is 5.78. The second kappa shape index (κ2) is 11.7. The van der Waals surface area contributed by atoms with Crippen molar-refractivity contribution in [3.8, 4) is 22.5 Å². The normalized spacial score (nSPS) is 17.8. The van der Waals surface area contributed by atoms with Gasteiger partial charge in [-0.3, -0.25) is 18.9 Å². The van der Waals surface area contributed by atoms with Crippen LogP contribution < -0.4 is 5.69 Å². The van der Waals surface area contributed by atoms with E-state index in [0.29, 0.717) is 12.4 Å². The summed E-state index contributed by atoms with van der Waals surface area (Å²) < 4.78 is 3.72. The Morgan fingerprint density at radius 1 is 1.08 bits per heavy atom. The first-order valence-corrected chi connectivity index (χ1v) is 13.7. The average Bonchev–Trinajstić information content (AvgIpc) is 3.49. The number of carbonyl (C=O) groups excluding carboxylic acids is 1. The van der Waals surface area contributed by atoms with Crippen LogP contribution in [0.15, 0.2) is 53.6 Å². The highest BCUT2D eigenvalue weighted by atomic mass is 16.2. The summed E-state index contributed by atoms with van der Waals surface area (Å²) in [5.74, 6) is 0.624. The number of nitrogens with zero attached hydrogens (tertiary/aromatic N) is 6. The van der Waals surface area contributed by atoms with E-state index < -0.39 is 0 Å². The molecule has 0 aliphatic heterocycles. The molecule has 9 nitrogen and oxygen atoms in total. The van der Waals surface area contributed by atoms with Crippen molar-refractivity contribution in [2.24, 2.45) is 5.92 Å². The minimum atomic E-state index is -0.0991. The van der Waals surface area contributed by atoms with Gasteiger partial charge in [-0.25, -0.2) is 4.79 Å². The zero-order valence-electron chi connectivity index (χ0n) is 22.1. The molecule has 198 valence electrons. The number of unbranched alkanes of at least 4 members (excludes halogenated alkanes) is 1. The van der Waals surface area contributed by atoms with Crippen molar-refractivity contribution >= 4 is 5.78 Å². The van der Waals surface area contributed by atoms with E-state index in [9.17, 15) is 9.59 Å². The van der Waals surface area contributed by atoms with Crippen LogP contribution in [0.2, 0.25) is 0 Å². The predicted molar refractivity (Wildman–Crippen MR) is 146 cm³/mol. The summed E-state index contributed by atoms with van der Waals surface area (Å²) in [4.78, 5) is 31.0. The minimum Gasteiger partial charge on any atom is -0.300 e. The number of rotatable bonds is 9. The van der Waals surface area contributed by atoms with Crippen LogP contribution in [-0.2, 0) is 17.8 Å². The highest BCUT2D eigenvalue weighted by Crippen LogP contribution is 2.33. The third kappa shape index (κ3) is 5.51. The minimum absolute atomic E-state index is 0.0411. The van der Waals surface area contributed by atoms with Gasteiger partial charge in [-0.1, -0.05) is 50.8 Å². The van der Waals surface area contributed by atoms with Crippen LogP contribution in [0.4, 0.5) is 0 Å². The number of ketones is 1. The fourth-order valence-electron chi connectivity index (χ4n) is 5.64. The summed E-state index contributed by atoms with van der Waals surface area (Å²) in [5, 5.41) is 14.3. The molecule has 2 atom stereocenters. The van der Waals surface area contributed by atoms with Gasteiger partial charge in [0.1, 0.15) is 5.78 Å². The Balaban J connectivity index is 1.48. The van der Waals surface area contributed by atoms with Crippen LogP contribution in [0, 0.1) is 5.92 Å². The maximum atomic E-state index is 13.8. The average molecular weight is 514 g/mol. The molecule has 1 aliphatic rings. The maximum absolute atomic E-state index is 13.8. The van der Waals surface area contributed by atoms with E-state index in [1.807, 2.05) is 51.7 Å². The van der Waals surface area contributed by atoms with Crippen LogP contribution in [0.5, 0.6) is 0 Å². The Labute approximate surface area is 222 Å². The van der Waals surface area contributed by atoms with Crippen molar-refractivity contribution in [1.29, 1.82) is 0 Å². The molecule has 5 rings (SSSR count). The van der Waals surface area contributed by atoms with Gasteiger partial charge in [-0.2, -0.15) is 5.21 Å². The number of aromatic nitrogens is 7. The monoisotopic (exact) mass is 513 g/mol. The number of hydrogen-bond acceptors (Lipinski definition) is 6. The molecule has 1 saturated carbocycles. The topological polar surface area (TPSA) is 111 Å². The molecule has 1 fully saturated rings. The van der Waals surface area contributed by atoms with Gasteiger partial charge < -0.3 is 0 Å². The molecule has 1 aromatic carbocycles. The molecule has 1 N–H and O–H groups in total. The summed E-state index contributed by atoms with van der Waals surface area (Å²) in [6.45, 7) is 4.22. The predicted octanol–water partition coefficient (Wildman–Crippen LogP) is 4.99. The fourth-order valence-corrected chi connectivity index (χ4v) is 5.64. The Hall–Kier alpha value is -3.88. The van der Waals surface area contributed by atoms with E-state index >= 15 is 0 Å². The largest absolute Gasteiger partial charge is 0.328 e. The van der Waals surface area contributed by atoms with Crippen LogP contribution in [0.1, 0.15) is 76.2 Å². The van der Waals surface area contributed by atoms with Crippen molar-refractivity contribution < 1.29 is 4.79 Å². The number of imidazole rings is 1. The van der Waals surface area contributed by atoms with Crippen LogP contribution in [0.3, 0.4) is 0 Å². The summed E-state index contributed by atoms with van der Waals surface area (Å²) in [6.07, 6.45) is 11.6. The lowest BCUT2D eigenvalue weighted by Crippen LogP contribution is -2.33. The molecule has 0 radical (unpaired) electrons. The van der Waals surface area contributed by atoms with E-state index in [2.05, 4.69) is 32.5 Å². The number of benzene rings is 1. The molecule has 2 unspecified atom stereocenters. The molecule has 3 heterocycles. The Morgan fingerprint density at radius 3 is 2.68 bits per heavy atom. The smallest absolute Gasteiger partial charge is 0.300 e. The van der Waals surface area contributed by atoms with Crippen LogP contribution in [-0.4, -0.2) is 40.5 Å². The Bertz CT molecular complexity index is 1440. The maximum Gasteiger partial charge on any atom is 0.328 e. The third-order valence-corrected chi connectivity index (χ3v) is 7.67. The van der Waals surface area contributed by atoms with Gasteiger partial charge in [0.2, 0.25) is 5.82 Å². The Kier molecular flexibility index (Phi) is 7.91. The lowest BCUT2D eigenvalue weighted by molar-refractivity contribution is -0.122. The number of aryl methyl sites for hydroxylation is 1. The van der Waals surface area contributed by atoms with Gasteiger partial charge in [-0.15, -0.1) is 10.2 Å². The van der Waals surface area contributed by atoms with E-state index in [4.69, 9.17) is 0 Å². The van der Waals surface area contributed by atoms with Crippen molar-refractivity contribution in [3.63, 3.8) is 0 Å². The van der Waals surface area contributed by atoms with Crippen LogP contribution >= 0.6 is 0 Å². The second-order valence-corrected chi connectivity index (χ2v) is 10.3. The Morgan fingerprint density at radius 2 is 1.89 bits per heavy atom. The summed E-state index contributed by atoms with van der Waals surface area (Å²) in [6, 6.07) is 11.9. The first-order valence-electron chi connectivity index (χ1n) is 13.7. The summed E-state index contributed by atoms with van der Waals surface area (Å²) in [7, 11) is 0. The van der Waals surface area contributed by atoms with Gasteiger partial charge in [0, 0.05) is 35.6 Å². The third-order valence-electron chi connectivity index (χ3n) is 7.67. The number of H-pyrrole nitrogens is 1. The van der Waals surface area contributed by atoms with Gasteiger partial charge in [0.05, 0.1) is 12.2 Å². The van der Waals surface area contributed by atoms with E-state index in [1.165, 1.54) is 0 Å². The standard InChI is InChI=1S/C29H35N7O2/c1-3-4-11-25-19-36(27-13-7-5-6-12-26(27)20(2)37)29(38)35(25)18-24-17-22(14-15-30-24)21-9-8-10-23(16-21)28-31-33-34-32-28/h8-10,14-17,19,26-27H,3-7,11-13,18H2,1-2H3,(H,31,32,33,34). The number of nitrogens with one attached hydrogen (secondary N) is 1. The number of hydrogen-bond donors (Lipinski definition) is 1. The molecule has 1 aliphatic carbocycles. The molecule has 0 amide bonds. The molecule has 3 aromatic heterocycles.